The standard InChI is InChI=1S/C23H28FN3O5S2/c1-15(2)11-19-13-20(22(33-19)27(34(29)30)23(28)32-10-9-31-4)17-5-6-18(21(24)12-17)14-26-8-7-25-16(26)3/h5-8,12-13,15H,9-11,14H2,1-4H3,(H,29,30)/p-1. The molecule has 0 aliphatic rings. The molecule has 0 saturated heterocycles. The number of halogens is 1. The van der Waals surface area contributed by atoms with Crippen LogP contribution in [-0.4, -0.2) is 44.7 Å². The minimum Gasteiger partial charge on any atom is -0.755 e. The van der Waals surface area contributed by atoms with Crippen LogP contribution in [0.25, 0.3) is 11.1 Å². The van der Waals surface area contributed by atoms with Crippen LogP contribution in [0.5, 0.6) is 0 Å². The van der Waals surface area contributed by atoms with Crippen LogP contribution in [-0.2, 0) is 33.7 Å². The second-order valence-corrected chi connectivity index (χ2v) is 9.97. The van der Waals surface area contributed by atoms with Gasteiger partial charge in [-0.15, -0.1) is 11.3 Å². The number of hydrogen-bond donors (Lipinski definition) is 0. The molecule has 3 aromatic rings. The van der Waals surface area contributed by atoms with E-state index in [0.717, 1.165) is 10.7 Å². The van der Waals surface area contributed by atoms with E-state index in [4.69, 9.17) is 9.47 Å². The molecule has 3 rings (SSSR count). The maximum absolute atomic E-state index is 15.1. The third-order valence-electron chi connectivity index (χ3n) is 5.01. The van der Waals surface area contributed by atoms with E-state index in [2.05, 4.69) is 4.98 Å². The van der Waals surface area contributed by atoms with Crippen molar-refractivity contribution in [3.05, 3.63) is 58.7 Å². The van der Waals surface area contributed by atoms with Gasteiger partial charge in [-0.1, -0.05) is 26.0 Å². The van der Waals surface area contributed by atoms with Crippen LogP contribution in [0.3, 0.4) is 0 Å². The van der Waals surface area contributed by atoms with E-state index in [0.29, 0.717) is 39.9 Å². The quantitative estimate of drug-likeness (QED) is 0.291. The molecule has 184 valence electrons. The number of nitrogens with zero attached hydrogens (tertiary/aromatic N) is 3. The summed E-state index contributed by atoms with van der Waals surface area (Å²) in [5.74, 6) is 0.629. The van der Waals surface area contributed by atoms with Crippen molar-refractivity contribution < 1.29 is 27.4 Å². The lowest BCUT2D eigenvalue weighted by Crippen LogP contribution is -2.33. The topological polar surface area (TPSA) is 96.7 Å². The number of hydrogen-bond acceptors (Lipinski definition) is 7. The van der Waals surface area contributed by atoms with Crippen molar-refractivity contribution in [2.45, 2.75) is 33.7 Å². The molecular formula is C23H27FN3O5S2-. The van der Waals surface area contributed by atoms with E-state index in [9.17, 15) is 13.6 Å². The Balaban J connectivity index is 2.00. The Morgan fingerprint density at radius 1 is 1.32 bits per heavy atom. The molecule has 1 atom stereocenters. The second kappa shape index (κ2) is 11.7. The Kier molecular flexibility index (Phi) is 8.95. The molecule has 34 heavy (non-hydrogen) atoms. The minimum absolute atomic E-state index is 0.0976. The summed E-state index contributed by atoms with van der Waals surface area (Å²) >= 11 is -1.76. The van der Waals surface area contributed by atoms with Gasteiger partial charge in [0.05, 0.1) is 24.4 Å². The molecule has 8 nitrogen and oxygen atoms in total. The Bertz CT molecular complexity index is 1160. The summed E-state index contributed by atoms with van der Waals surface area (Å²) in [5, 5.41) is 0.156. The third kappa shape index (κ3) is 6.29. The van der Waals surface area contributed by atoms with E-state index in [1.807, 2.05) is 25.3 Å². The van der Waals surface area contributed by atoms with Gasteiger partial charge in [0.15, 0.2) is 0 Å². The molecule has 1 aromatic carbocycles. The van der Waals surface area contributed by atoms with Crippen LogP contribution >= 0.6 is 11.3 Å². The van der Waals surface area contributed by atoms with E-state index in [1.54, 1.807) is 30.6 Å². The number of benzene rings is 1. The number of ether oxygens (including phenoxy) is 2. The molecule has 1 unspecified atom stereocenters. The monoisotopic (exact) mass is 508 g/mol. The van der Waals surface area contributed by atoms with Crippen LogP contribution in [0.15, 0.2) is 36.7 Å². The van der Waals surface area contributed by atoms with Crippen LogP contribution in [0, 0.1) is 18.7 Å². The maximum Gasteiger partial charge on any atom is 0.426 e. The lowest BCUT2D eigenvalue weighted by molar-refractivity contribution is 0.105. The zero-order valence-corrected chi connectivity index (χ0v) is 21.1. The summed E-state index contributed by atoms with van der Waals surface area (Å²) in [7, 11) is 1.44. The fourth-order valence-electron chi connectivity index (χ4n) is 3.37. The fourth-order valence-corrected chi connectivity index (χ4v) is 5.36. The molecule has 0 aliphatic heterocycles. The first kappa shape index (κ1) is 26.0. The molecule has 0 fully saturated rings. The summed E-state index contributed by atoms with van der Waals surface area (Å²) in [6.07, 6.45) is 3.06. The molecule has 0 aliphatic carbocycles. The highest BCUT2D eigenvalue weighted by molar-refractivity contribution is 7.81. The number of imidazole rings is 1. The van der Waals surface area contributed by atoms with E-state index in [-0.39, 0.29) is 18.2 Å². The highest BCUT2D eigenvalue weighted by atomic mass is 32.2. The van der Waals surface area contributed by atoms with Gasteiger partial charge < -0.3 is 18.6 Å². The first-order valence-corrected chi connectivity index (χ1v) is 12.5. The molecule has 2 heterocycles. The molecule has 0 saturated carbocycles. The van der Waals surface area contributed by atoms with Gasteiger partial charge in [-0.3, -0.25) is 4.21 Å². The van der Waals surface area contributed by atoms with Crippen LogP contribution in [0.1, 0.15) is 30.1 Å². The Hall–Kier alpha value is -2.60. The van der Waals surface area contributed by atoms with Crippen molar-refractivity contribution >= 4 is 33.7 Å². The van der Waals surface area contributed by atoms with Gasteiger partial charge in [-0.25, -0.2) is 14.2 Å². The van der Waals surface area contributed by atoms with E-state index >= 15 is 4.39 Å². The molecule has 0 spiro atoms. The normalized spacial score (nSPS) is 12.2. The van der Waals surface area contributed by atoms with Crippen molar-refractivity contribution in [2.75, 3.05) is 24.6 Å². The number of aryl methyl sites for hydroxylation is 1. The molecule has 0 radical (unpaired) electrons. The van der Waals surface area contributed by atoms with Gasteiger partial charge in [0.25, 0.3) is 0 Å². The zero-order chi connectivity index (χ0) is 24.8. The summed E-state index contributed by atoms with van der Waals surface area (Å²) in [6.45, 7) is 6.25. The summed E-state index contributed by atoms with van der Waals surface area (Å²) in [6, 6.07) is 6.53. The van der Waals surface area contributed by atoms with Crippen molar-refractivity contribution in [3.63, 3.8) is 0 Å². The Morgan fingerprint density at radius 3 is 2.68 bits per heavy atom. The smallest absolute Gasteiger partial charge is 0.426 e. The van der Waals surface area contributed by atoms with Gasteiger partial charge in [0.2, 0.25) is 0 Å². The molecule has 2 aromatic heterocycles. The fraction of sp³-hybridized carbons (Fsp3) is 0.391. The third-order valence-corrected chi connectivity index (χ3v) is 6.90. The predicted molar refractivity (Wildman–Crippen MR) is 129 cm³/mol. The van der Waals surface area contributed by atoms with Gasteiger partial charge >= 0.3 is 6.09 Å². The van der Waals surface area contributed by atoms with Gasteiger partial charge in [-0.05, 0) is 37.0 Å². The number of methoxy groups -OCH3 is 1. The van der Waals surface area contributed by atoms with E-state index in [1.165, 1.54) is 24.5 Å². The number of amides is 1. The molecular weight excluding hydrogens is 481 g/mol. The van der Waals surface area contributed by atoms with Crippen molar-refractivity contribution in [1.82, 2.24) is 9.55 Å². The Labute approximate surface area is 204 Å². The highest BCUT2D eigenvalue weighted by Crippen LogP contribution is 2.41. The van der Waals surface area contributed by atoms with Crippen LogP contribution in [0.4, 0.5) is 14.2 Å². The molecule has 0 N–H and O–H groups in total. The summed E-state index contributed by atoms with van der Waals surface area (Å²) in [5.41, 5.74) is 1.37. The highest BCUT2D eigenvalue weighted by Gasteiger charge is 2.26. The molecule has 1 amide bonds. The summed E-state index contributed by atoms with van der Waals surface area (Å²) in [4.78, 5) is 17.6. The largest absolute Gasteiger partial charge is 0.755 e. The van der Waals surface area contributed by atoms with E-state index < -0.39 is 23.2 Å². The number of aromatic nitrogens is 2. The first-order valence-electron chi connectivity index (χ1n) is 10.7. The molecule has 0 bridgehead atoms. The summed E-state index contributed by atoms with van der Waals surface area (Å²) < 4.78 is 51.4. The lowest BCUT2D eigenvalue weighted by atomic mass is 10.0. The molecule has 11 heteroatoms. The average molecular weight is 509 g/mol. The first-order chi connectivity index (χ1) is 16.2. The number of rotatable bonds is 10. The average Bonchev–Trinajstić information content (AvgIpc) is 3.35. The van der Waals surface area contributed by atoms with Crippen LogP contribution < -0.4 is 4.31 Å². The number of carbonyl (C=O) groups excluding carboxylic acids is 1. The SMILES string of the molecule is COCCOC(=O)N(c1sc(CC(C)C)cc1-c1ccc(Cn2ccnc2C)c(F)c1)S(=O)[O-]. The van der Waals surface area contributed by atoms with Gasteiger partial charge in [0.1, 0.15) is 23.2 Å². The number of thiophene rings is 1. The van der Waals surface area contributed by atoms with Crippen molar-refractivity contribution in [3.8, 4) is 11.1 Å². The zero-order valence-electron chi connectivity index (χ0n) is 19.4. The van der Waals surface area contributed by atoms with Gasteiger partial charge in [0, 0.05) is 35.5 Å². The second-order valence-electron chi connectivity index (χ2n) is 8.06. The lowest BCUT2D eigenvalue weighted by Gasteiger charge is -2.23. The number of carbonyl (C=O) groups is 1. The van der Waals surface area contributed by atoms with Crippen molar-refractivity contribution in [1.29, 1.82) is 0 Å². The Morgan fingerprint density at radius 2 is 2.09 bits per heavy atom. The minimum atomic E-state index is -2.93. The maximum atomic E-state index is 15.1. The van der Waals surface area contributed by atoms with Gasteiger partial charge in [-0.2, -0.15) is 4.31 Å². The predicted octanol–water partition coefficient (Wildman–Crippen LogP) is 4.69. The van der Waals surface area contributed by atoms with Crippen molar-refractivity contribution in [2.24, 2.45) is 5.92 Å². The van der Waals surface area contributed by atoms with Crippen LogP contribution in [0.2, 0.25) is 0 Å². The number of anilines is 1.